The molecule has 0 aromatic heterocycles. The minimum atomic E-state index is -0.879. The van der Waals surface area contributed by atoms with Gasteiger partial charge in [0.15, 0.2) is 17.4 Å². The van der Waals surface area contributed by atoms with E-state index in [-0.39, 0.29) is 11.7 Å². The summed E-state index contributed by atoms with van der Waals surface area (Å²) in [5.74, 6) is -1.58. The molecule has 1 fully saturated rings. The summed E-state index contributed by atoms with van der Waals surface area (Å²) in [6.07, 6.45) is 4.28. The molecule has 0 N–H and O–H groups in total. The highest BCUT2D eigenvalue weighted by Gasteiger charge is 2.22. The normalized spacial score (nSPS) is 23.1. The summed E-state index contributed by atoms with van der Waals surface area (Å²) in [6.45, 7) is 1.90. The van der Waals surface area contributed by atoms with Crippen molar-refractivity contribution in [3.05, 3.63) is 41.0 Å². The lowest BCUT2D eigenvalue weighted by molar-refractivity contribution is -0.119. The smallest absolute Gasteiger partial charge is 0.161 e. The maximum absolute atomic E-state index is 13.0. The molecule has 1 saturated carbocycles. The van der Waals surface area contributed by atoms with Gasteiger partial charge in [0.25, 0.3) is 0 Å². The minimum absolute atomic E-state index is 0.0419. The van der Waals surface area contributed by atoms with Crippen molar-refractivity contribution in [1.82, 2.24) is 0 Å². The molecule has 2 rings (SSSR count). The molecular formula is C14H14F2O. The number of allylic oxidation sites excluding steroid dienone is 1. The van der Waals surface area contributed by atoms with E-state index in [1.807, 2.05) is 6.92 Å². The number of Topliss-reactive ketones (excluding diaryl/α,β-unsaturated/α-hetero) is 1. The van der Waals surface area contributed by atoms with E-state index in [1.54, 1.807) is 6.08 Å². The number of carbonyl (C=O) groups excluding carboxylic acids is 1. The van der Waals surface area contributed by atoms with Crippen molar-refractivity contribution < 1.29 is 13.6 Å². The van der Waals surface area contributed by atoms with E-state index in [2.05, 4.69) is 0 Å². The topological polar surface area (TPSA) is 17.1 Å². The zero-order chi connectivity index (χ0) is 12.4. The predicted octanol–water partition coefficient (Wildman–Crippen LogP) is 3.74. The molecule has 1 aromatic carbocycles. The highest BCUT2D eigenvalue weighted by molar-refractivity contribution is 6.01. The monoisotopic (exact) mass is 236 g/mol. The van der Waals surface area contributed by atoms with Crippen LogP contribution in [0.25, 0.3) is 6.08 Å². The zero-order valence-electron chi connectivity index (χ0n) is 9.67. The van der Waals surface area contributed by atoms with Crippen LogP contribution in [-0.2, 0) is 4.79 Å². The van der Waals surface area contributed by atoms with Gasteiger partial charge in [-0.05, 0) is 48.6 Å². The molecule has 0 saturated heterocycles. The first kappa shape index (κ1) is 12.0. The number of carbonyl (C=O) groups is 1. The van der Waals surface area contributed by atoms with E-state index in [0.717, 1.165) is 37.0 Å². The first-order chi connectivity index (χ1) is 8.08. The van der Waals surface area contributed by atoms with Crippen LogP contribution in [0.4, 0.5) is 8.78 Å². The average molecular weight is 236 g/mol. The van der Waals surface area contributed by atoms with Gasteiger partial charge in [0, 0.05) is 5.92 Å². The molecule has 0 spiro atoms. The van der Waals surface area contributed by atoms with Crippen LogP contribution in [0, 0.1) is 17.6 Å². The number of ketones is 1. The quantitative estimate of drug-likeness (QED) is 0.679. The summed E-state index contributed by atoms with van der Waals surface area (Å²) in [7, 11) is 0. The second-order valence-electron chi connectivity index (χ2n) is 4.50. The Bertz CT molecular complexity index is 477. The Morgan fingerprint density at radius 1 is 1.29 bits per heavy atom. The van der Waals surface area contributed by atoms with Crippen molar-refractivity contribution in [2.75, 3.05) is 0 Å². The molecule has 0 radical (unpaired) electrons. The molecule has 1 aromatic rings. The number of benzene rings is 1. The lowest BCUT2D eigenvalue weighted by atomic mass is 9.84. The molecule has 1 aliphatic rings. The summed E-state index contributed by atoms with van der Waals surface area (Å²) < 4.78 is 25.8. The average Bonchev–Trinajstić information content (AvgIpc) is 2.30. The Labute approximate surface area is 99.1 Å². The number of hydrogen-bond acceptors (Lipinski definition) is 1. The highest BCUT2D eigenvalue weighted by atomic mass is 19.2. The molecule has 0 unspecified atom stereocenters. The van der Waals surface area contributed by atoms with Crippen molar-refractivity contribution in [2.45, 2.75) is 26.2 Å². The molecule has 17 heavy (non-hydrogen) atoms. The van der Waals surface area contributed by atoms with Crippen LogP contribution < -0.4 is 0 Å². The first-order valence-corrected chi connectivity index (χ1v) is 5.78. The molecule has 1 atom stereocenters. The van der Waals surface area contributed by atoms with Crippen LogP contribution in [0.2, 0.25) is 0 Å². The van der Waals surface area contributed by atoms with Gasteiger partial charge in [-0.3, -0.25) is 4.79 Å². The number of hydrogen-bond donors (Lipinski definition) is 0. The van der Waals surface area contributed by atoms with Gasteiger partial charge in [-0.15, -0.1) is 0 Å². The third kappa shape index (κ3) is 2.60. The van der Waals surface area contributed by atoms with E-state index < -0.39 is 11.6 Å². The molecule has 0 aliphatic heterocycles. The molecular weight excluding hydrogens is 222 g/mol. The Morgan fingerprint density at radius 3 is 2.76 bits per heavy atom. The Hall–Kier alpha value is -1.51. The van der Waals surface area contributed by atoms with E-state index in [0.29, 0.717) is 5.56 Å². The number of halogens is 2. The van der Waals surface area contributed by atoms with Gasteiger partial charge in [-0.1, -0.05) is 13.0 Å². The molecule has 0 heterocycles. The summed E-state index contributed by atoms with van der Waals surface area (Å²) in [5, 5.41) is 0. The van der Waals surface area contributed by atoms with Crippen molar-refractivity contribution >= 4 is 11.9 Å². The summed E-state index contributed by atoms with van der Waals surface area (Å²) in [4.78, 5) is 11.8. The predicted molar refractivity (Wildman–Crippen MR) is 62.4 cm³/mol. The van der Waals surface area contributed by atoms with Gasteiger partial charge >= 0.3 is 0 Å². The third-order valence-corrected chi connectivity index (χ3v) is 3.13. The van der Waals surface area contributed by atoms with E-state index >= 15 is 0 Å². The molecule has 0 bridgehead atoms. The Balaban J connectivity index is 2.28. The second-order valence-corrected chi connectivity index (χ2v) is 4.50. The van der Waals surface area contributed by atoms with Crippen LogP contribution in [0.5, 0.6) is 0 Å². The van der Waals surface area contributed by atoms with Crippen LogP contribution in [0.15, 0.2) is 23.8 Å². The van der Waals surface area contributed by atoms with Crippen LogP contribution in [-0.4, -0.2) is 5.78 Å². The van der Waals surface area contributed by atoms with E-state index in [4.69, 9.17) is 0 Å². The van der Waals surface area contributed by atoms with E-state index in [9.17, 15) is 13.6 Å². The molecule has 0 amide bonds. The van der Waals surface area contributed by atoms with Gasteiger partial charge in [0.05, 0.1) is 0 Å². The molecule has 1 nitrogen and oxygen atoms in total. The van der Waals surface area contributed by atoms with Gasteiger partial charge in [0.2, 0.25) is 0 Å². The lowest BCUT2D eigenvalue weighted by Gasteiger charge is -2.19. The highest BCUT2D eigenvalue weighted by Crippen LogP contribution is 2.26. The van der Waals surface area contributed by atoms with E-state index in [1.165, 1.54) is 6.07 Å². The van der Waals surface area contributed by atoms with Gasteiger partial charge in [-0.2, -0.15) is 0 Å². The SMILES string of the molecule is C[C@H]1CCC/C(=C\c2ccc(F)c(F)c2)C1=O. The van der Waals surface area contributed by atoms with Crippen LogP contribution in [0.1, 0.15) is 31.7 Å². The third-order valence-electron chi connectivity index (χ3n) is 3.13. The van der Waals surface area contributed by atoms with Crippen molar-refractivity contribution in [2.24, 2.45) is 5.92 Å². The zero-order valence-corrected chi connectivity index (χ0v) is 9.67. The Kier molecular flexibility index (Phi) is 3.36. The van der Waals surface area contributed by atoms with Crippen molar-refractivity contribution in [1.29, 1.82) is 0 Å². The maximum atomic E-state index is 13.0. The maximum Gasteiger partial charge on any atom is 0.161 e. The molecule has 1 aliphatic carbocycles. The standard InChI is InChI=1S/C14H14F2O/c1-9-3-2-4-11(14(9)17)7-10-5-6-12(15)13(16)8-10/h5-9H,2-4H2,1H3/b11-7+/t9-/m0/s1. The van der Waals surface area contributed by atoms with Crippen LogP contribution >= 0.6 is 0 Å². The minimum Gasteiger partial charge on any atom is -0.294 e. The number of rotatable bonds is 1. The fourth-order valence-corrected chi connectivity index (χ4v) is 2.12. The van der Waals surface area contributed by atoms with Crippen LogP contribution in [0.3, 0.4) is 0 Å². The second kappa shape index (κ2) is 4.78. The fraction of sp³-hybridized carbons (Fsp3) is 0.357. The summed E-state index contributed by atoms with van der Waals surface area (Å²) >= 11 is 0. The summed E-state index contributed by atoms with van der Waals surface area (Å²) in [5.41, 5.74) is 1.26. The van der Waals surface area contributed by atoms with Gasteiger partial charge in [0.1, 0.15) is 0 Å². The van der Waals surface area contributed by atoms with Gasteiger partial charge < -0.3 is 0 Å². The first-order valence-electron chi connectivity index (χ1n) is 5.78. The lowest BCUT2D eigenvalue weighted by Crippen LogP contribution is -2.18. The largest absolute Gasteiger partial charge is 0.294 e. The summed E-state index contributed by atoms with van der Waals surface area (Å²) in [6, 6.07) is 3.69. The van der Waals surface area contributed by atoms with Gasteiger partial charge in [-0.25, -0.2) is 8.78 Å². The van der Waals surface area contributed by atoms with Crippen molar-refractivity contribution in [3.63, 3.8) is 0 Å². The fourth-order valence-electron chi connectivity index (χ4n) is 2.12. The Morgan fingerprint density at radius 2 is 2.06 bits per heavy atom. The van der Waals surface area contributed by atoms with Crippen molar-refractivity contribution in [3.8, 4) is 0 Å². The molecule has 3 heteroatoms. The molecule has 90 valence electrons.